The van der Waals surface area contributed by atoms with Gasteiger partial charge >= 0.3 is 0 Å². The predicted molar refractivity (Wildman–Crippen MR) is 78.3 cm³/mol. The number of aryl methyl sites for hydroxylation is 1. The number of nitrogens with zero attached hydrogens (tertiary/aromatic N) is 4. The normalized spacial score (nSPS) is 18.2. The average molecular weight is 283 g/mol. The van der Waals surface area contributed by atoms with Crippen molar-refractivity contribution < 1.29 is 0 Å². The van der Waals surface area contributed by atoms with Crippen LogP contribution in [-0.4, -0.2) is 53.5 Å². The molecule has 1 fully saturated rings. The summed E-state index contributed by atoms with van der Waals surface area (Å²) in [5.74, 6) is 1.67. The maximum Gasteiger partial charge on any atom is 0.144 e. The third-order valence-corrected chi connectivity index (χ3v) is 3.76. The van der Waals surface area contributed by atoms with Gasteiger partial charge < -0.3 is 4.90 Å². The molecule has 2 rings (SSSR count). The van der Waals surface area contributed by atoms with Crippen molar-refractivity contribution in [3.8, 4) is 0 Å². The van der Waals surface area contributed by atoms with Crippen molar-refractivity contribution in [1.82, 2.24) is 19.8 Å². The highest BCUT2D eigenvalue weighted by molar-refractivity contribution is 6.29. The highest BCUT2D eigenvalue weighted by Gasteiger charge is 2.20. The summed E-state index contributed by atoms with van der Waals surface area (Å²) in [6, 6.07) is 1.80. The molecule has 0 saturated carbocycles. The Hall–Kier alpha value is -0.710. The zero-order valence-electron chi connectivity index (χ0n) is 12.1. The van der Waals surface area contributed by atoms with Crippen LogP contribution in [0.25, 0.3) is 0 Å². The molecule has 19 heavy (non-hydrogen) atoms. The number of hydrogen-bond donors (Lipinski definition) is 0. The van der Waals surface area contributed by atoms with E-state index in [4.69, 9.17) is 11.6 Å². The summed E-state index contributed by atoms with van der Waals surface area (Å²) in [7, 11) is 4.30. The van der Waals surface area contributed by atoms with Crippen LogP contribution in [0.4, 0.5) is 0 Å². The van der Waals surface area contributed by atoms with Gasteiger partial charge in [0.2, 0.25) is 0 Å². The van der Waals surface area contributed by atoms with Gasteiger partial charge in [0.1, 0.15) is 11.0 Å². The molecule has 0 aromatic carbocycles. The van der Waals surface area contributed by atoms with E-state index >= 15 is 0 Å². The lowest BCUT2D eigenvalue weighted by Crippen LogP contribution is -2.37. The first-order chi connectivity index (χ1) is 9.02. The molecule has 1 aromatic rings. The van der Waals surface area contributed by atoms with Crippen LogP contribution in [0, 0.1) is 12.8 Å². The molecule has 4 nitrogen and oxygen atoms in total. The number of hydrogen-bond acceptors (Lipinski definition) is 4. The predicted octanol–water partition coefficient (Wildman–Crippen LogP) is 2.21. The Morgan fingerprint density at radius 1 is 1.32 bits per heavy atom. The standard InChI is InChI=1S/C14H23ClN4/c1-11-8-13(15)17-14(16-11)10-19-6-4-12(5-7-19)9-18(2)3/h8,12H,4-7,9-10H2,1-3H3. The van der Waals surface area contributed by atoms with Crippen molar-refractivity contribution >= 4 is 11.6 Å². The highest BCUT2D eigenvalue weighted by atomic mass is 35.5. The first kappa shape index (κ1) is 14.7. The van der Waals surface area contributed by atoms with E-state index in [-0.39, 0.29) is 0 Å². The van der Waals surface area contributed by atoms with E-state index in [1.165, 1.54) is 19.4 Å². The van der Waals surface area contributed by atoms with Gasteiger partial charge in [-0.1, -0.05) is 11.6 Å². The maximum absolute atomic E-state index is 5.97. The zero-order valence-corrected chi connectivity index (χ0v) is 12.8. The van der Waals surface area contributed by atoms with Gasteiger partial charge in [-0.2, -0.15) is 0 Å². The second-order valence-electron chi connectivity index (χ2n) is 5.73. The van der Waals surface area contributed by atoms with Crippen molar-refractivity contribution in [2.75, 3.05) is 33.7 Å². The Balaban J connectivity index is 1.85. The lowest BCUT2D eigenvalue weighted by molar-refractivity contribution is 0.154. The lowest BCUT2D eigenvalue weighted by Gasteiger charge is -2.32. The largest absolute Gasteiger partial charge is 0.309 e. The molecule has 0 unspecified atom stereocenters. The molecule has 1 saturated heterocycles. The van der Waals surface area contributed by atoms with Gasteiger partial charge in [0, 0.05) is 12.2 Å². The molecule has 0 atom stereocenters. The van der Waals surface area contributed by atoms with Crippen LogP contribution in [0.2, 0.25) is 5.15 Å². The highest BCUT2D eigenvalue weighted by Crippen LogP contribution is 2.19. The summed E-state index contributed by atoms with van der Waals surface area (Å²) in [6.45, 7) is 6.23. The van der Waals surface area contributed by atoms with Gasteiger partial charge in [-0.3, -0.25) is 4.90 Å². The summed E-state index contributed by atoms with van der Waals surface area (Å²) in [4.78, 5) is 13.5. The second-order valence-corrected chi connectivity index (χ2v) is 6.12. The molecule has 0 spiro atoms. The van der Waals surface area contributed by atoms with E-state index in [0.717, 1.165) is 37.1 Å². The van der Waals surface area contributed by atoms with Crippen LogP contribution in [0.5, 0.6) is 0 Å². The Morgan fingerprint density at radius 3 is 2.58 bits per heavy atom. The molecule has 0 radical (unpaired) electrons. The minimum atomic E-state index is 0.546. The monoisotopic (exact) mass is 282 g/mol. The van der Waals surface area contributed by atoms with E-state index in [1.54, 1.807) is 6.07 Å². The lowest BCUT2D eigenvalue weighted by atomic mass is 9.96. The van der Waals surface area contributed by atoms with Crippen LogP contribution >= 0.6 is 11.6 Å². The van der Waals surface area contributed by atoms with Crippen LogP contribution in [0.1, 0.15) is 24.4 Å². The minimum Gasteiger partial charge on any atom is -0.309 e. The Bertz CT molecular complexity index is 394. The van der Waals surface area contributed by atoms with Crippen LogP contribution in [-0.2, 0) is 6.54 Å². The van der Waals surface area contributed by atoms with E-state index < -0.39 is 0 Å². The quantitative estimate of drug-likeness (QED) is 0.793. The minimum absolute atomic E-state index is 0.546. The van der Waals surface area contributed by atoms with Crippen molar-refractivity contribution in [1.29, 1.82) is 0 Å². The Morgan fingerprint density at radius 2 is 2.00 bits per heavy atom. The molecule has 1 aliphatic heterocycles. The number of likely N-dealkylation sites (tertiary alicyclic amines) is 1. The summed E-state index contributed by atoms with van der Waals surface area (Å²) in [5.41, 5.74) is 0.942. The first-order valence-corrected chi connectivity index (χ1v) is 7.28. The van der Waals surface area contributed by atoms with Crippen molar-refractivity contribution in [3.63, 3.8) is 0 Å². The molecule has 106 valence electrons. The molecular weight excluding hydrogens is 260 g/mol. The van der Waals surface area contributed by atoms with Gasteiger partial charge in [0.15, 0.2) is 0 Å². The number of halogens is 1. The van der Waals surface area contributed by atoms with Crippen LogP contribution < -0.4 is 0 Å². The van der Waals surface area contributed by atoms with Crippen LogP contribution in [0.3, 0.4) is 0 Å². The first-order valence-electron chi connectivity index (χ1n) is 6.90. The molecule has 0 bridgehead atoms. The fourth-order valence-electron chi connectivity index (χ4n) is 2.70. The fraction of sp³-hybridized carbons (Fsp3) is 0.714. The molecule has 2 heterocycles. The third kappa shape index (κ3) is 4.71. The zero-order chi connectivity index (χ0) is 13.8. The van der Waals surface area contributed by atoms with Gasteiger partial charge in [-0.15, -0.1) is 0 Å². The smallest absolute Gasteiger partial charge is 0.144 e. The van der Waals surface area contributed by atoms with Crippen molar-refractivity contribution in [3.05, 3.63) is 22.7 Å². The van der Waals surface area contributed by atoms with E-state index in [0.29, 0.717) is 5.15 Å². The molecule has 5 heteroatoms. The molecule has 1 aromatic heterocycles. The topological polar surface area (TPSA) is 32.3 Å². The van der Waals surface area contributed by atoms with Gasteiger partial charge in [-0.25, -0.2) is 9.97 Å². The number of piperidine rings is 1. The Kier molecular flexibility index (Phi) is 5.13. The van der Waals surface area contributed by atoms with Crippen molar-refractivity contribution in [2.24, 2.45) is 5.92 Å². The molecule has 0 amide bonds. The summed E-state index contributed by atoms with van der Waals surface area (Å²) in [6.07, 6.45) is 2.52. The van der Waals surface area contributed by atoms with Gasteiger partial charge in [0.05, 0.1) is 6.54 Å². The Labute approximate surface area is 120 Å². The molecule has 1 aliphatic rings. The SMILES string of the molecule is Cc1cc(Cl)nc(CN2CCC(CN(C)C)CC2)n1. The molecular formula is C14H23ClN4. The molecule has 0 N–H and O–H groups in total. The van der Waals surface area contributed by atoms with Gasteiger partial charge in [0.25, 0.3) is 0 Å². The average Bonchev–Trinajstić information content (AvgIpc) is 2.29. The number of aromatic nitrogens is 2. The van der Waals surface area contributed by atoms with E-state index in [1.807, 2.05) is 6.92 Å². The second kappa shape index (κ2) is 6.64. The maximum atomic E-state index is 5.97. The van der Waals surface area contributed by atoms with Crippen LogP contribution in [0.15, 0.2) is 6.07 Å². The van der Waals surface area contributed by atoms with E-state index in [9.17, 15) is 0 Å². The fourth-order valence-corrected chi connectivity index (χ4v) is 2.96. The summed E-state index contributed by atoms with van der Waals surface area (Å²) < 4.78 is 0. The third-order valence-electron chi connectivity index (χ3n) is 3.56. The molecule has 0 aliphatic carbocycles. The summed E-state index contributed by atoms with van der Waals surface area (Å²) in [5, 5.41) is 0.546. The van der Waals surface area contributed by atoms with Gasteiger partial charge in [-0.05, 0) is 58.9 Å². The summed E-state index contributed by atoms with van der Waals surface area (Å²) >= 11 is 5.97. The van der Waals surface area contributed by atoms with Crippen molar-refractivity contribution in [2.45, 2.75) is 26.3 Å². The van der Waals surface area contributed by atoms with E-state index in [2.05, 4.69) is 33.9 Å². The number of rotatable bonds is 4.